The molecule has 6 heteroatoms. The van der Waals surface area contributed by atoms with Crippen LogP contribution in [0.5, 0.6) is 11.5 Å². The Balaban J connectivity index is 1.51. The van der Waals surface area contributed by atoms with Crippen LogP contribution >= 0.6 is 11.8 Å². The van der Waals surface area contributed by atoms with Crippen LogP contribution in [0.25, 0.3) is 5.70 Å². The Morgan fingerprint density at radius 2 is 1.96 bits per heavy atom. The summed E-state index contributed by atoms with van der Waals surface area (Å²) in [5.74, 6) is 2.17. The first-order valence-corrected chi connectivity index (χ1v) is 10.3. The van der Waals surface area contributed by atoms with Crippen molar-refractivity contribution in [2.24, 2.45) is 26.8 Å². The molecule has 0 radical (unpaired) electrons. The lowest BCUT2D eigenvalue weighted by Crippen LogP contribution is -2.33. The van der Waals surface area contributed by atoms with E-state index in [1.165, 1.54) is 18.6 Å². The molecule has 0 aromatic heterocycles. The molecule has 1 aliphatic heterocycles. The number of benzene rings is 1. The molecule has 1 aromatic carbocycles. The van der Waals surface area contributed by atoms with Crippen LogP contribution in [0.4, 0.5) is 0 Å². The molecule has 2 unspecified atom stereocenters. The molecule has 2 atom stereocenters. The maximum atomic E-state index is 5.39. The van der Waals surface area contributed by atoms with Crippen molar-refractivity contribution in [2.75, 3.05) is 14.2 Å². The number of ether oxygens (including phenoxy) is 2. The number of hydrazone groups is 1. The van der Waals surface area contributed by atoms with Crippen molar-refractivity contribution in [2.45, 2.75) is 40.0 Å². The average Bonchev–Trinajstić information content (AvgIpc) is 3.01. The molecule has 0 saturated heterocycles. The van der Waals surface area contributed by atoms with Crippen LogP contribution in [0.1, 0.15) is 45.6 Å². The molecule has 27 heavy (non-hydrogen) atoms. The monoisotopic (exact) mass is 385 g/mol. The number of nitrogens with one attached hydrogen (secondary N) is 1. The lowest BCUT2D eigenvalue weighted by Gasteiger charge is -2.34. The molecule has 1 heterocycles. The average molecular weight is 386 g/mol. The quantitative estimate of drug-likeness (QED) is 0.804. The Hall–Kier alpha value is -1.95. The fraction of sp³-hybridized carbons (Fsp3) is 0.524. The van der Waals surface area contributed by atoms with Gasteiger partial charge in [0.1, 0.15) is 0 Å². The molecule has 144 valence electrons. The van der Waals surface area contributed by atoms with Crippen molar-refractivity contribution < 1.29 is 9.47 Å². The third-order valence-corrected chi connectivity index (χ3v) is 7.74. The molecule has 1 N–H and O–H groups in total. The van der Waals surface area contributed by atoms with Crippen molar-refractivity contribution >= 4 is 28.3 Å². The summed E-state index contributed by atoms with van der Waals surface area (Å²) in [6.45, 7) is 7.18. The number of methoxy groups -OCH3 is 2. The molecule has 2 saturated carbocycles. The minimum absolute atomic E-state index is 0.202. The predicted molar refractivity (Wildman–Crippen MR) is 112 cm³/mol. The maximum absolute atomic E-state index is 5.39. The SMILES string of the molecule is COc1ccc(C2=CSC(N=C3CC4CCC3(C)C4(C)C)=NN2)cc1OC. The van der Waals surface area contributed by atoms with Gasteiger partial charge in [0.2, 0.25) is 5.17 Å². The molecule has 0 spiro atoms. The number of rotatable bonds is 3. The number of thioether (sulfide) groups is 1. The number of hydrogen-bond acceptors (Lipinski definition) is 6. The molecule has 3 aliphatic rings. The third kappa shape index (κ3) is 2.85. The Bertz CT molecular complexity index is 859. The summed E-state index contributed by atoms with van der Waals surface area (Å²) < 4.78 is 10.7. The Morgan fingerprint density at radius 3 is 2.52 bits per heavy atom. The van der Waals surface area contributed by atoms with Gasteiger partial charge in [-0.25, -0.2) is 4.99 Å². The summed E-state index contributed by atoms with van der Waals surface area (Å²) in [4.78, 5) is 4.95. The second-order valence-corrected chi connectivity index (χ2v) is 9.11. The third-order valence-electron chi connectivity index (χ3n) is 6.99. The van der Waals surface area contributed by atoms with Crippen LogP contribution in [-0.2, 0) is 0 Å². The summed E-state index contributed by atoms with van der Waals surface area (Å²) in [5, 5.41) is 7.37. The van der Waals surface area contributed by atoms with Gasteiger partial charge in [-0.05, 0) is 48.8 Å². The van der Waals surface area contributed by atoms with E-state index in [4.69, 9.17) is 14.5 Å². The Labute approximate surface area is 165 Å². The van der Waals surface area contributed by atoms with E-state index >= 15 is 0 Å². The van der Waals surface area contributed by atoms with Crippen LogP contribution < -0.4 is 14.9 Å². The number of hydrogen-bond donors (Lipinski definition) is 1. The van der Waals surface area contributed by atoms with Gasteiger partial charge >= 0.3 is 0 Å². The zero-order valence-electron chi connectivity index (χ0n) is 16.6. The topological polar surface area (TPSA) is 55.2 Å². The van der Waals surface area contributed by atoms with E-state index in [1.54, 1.807) is 26.0 Å². The number of nitrogens with zero attached hydrogens (tertiary/aromatic N) is 2. The van der Waals surface area contributed by atoms with Crippen LogP contribution in [-0.4, -0.2) is 25.1 Å². The van der Waals surface area contributed by atoms with E-state index < -0.39 is 0 Å². The molecule has 2 fully saturated rings. The highest BCUT2D eigenvalue weighted by Gasteiger charge is 2.59. The van der Waals surface area contributed by atoms with Gasteiger partial charge in [0.15, 0.2) is 11.5 Å². The second-order valence-electron chi connectivity index (χ2n) is 8.28. The van der Waals surface area contributed by atoms with Crippen molar-refractivity contribution in [3.8, 4) is 11.5 Å². The summed E-state index contributed by atoms with van der Waals surface area (Å²) in [5.41, 5.74) is 6.94. The van der Waals surface area contributed by atoms with Crippen LogP contribution in [0.3, 0.4) is 0 Å². The van der Waals surface area contributed by atoms with Gasteiger partial charge in [-0.2, -0.15) is 0 Å². The summed E-state index contributed by atoms with van der Waals surface area (Å²) in [6.07, 6.45) is 3.67. The van der Waals surface area contributed by atoms with Gasteiger partial charge in [0.05, 0.1) is 19.9 Å². The summed E-state index contributed by atoms with van der Waals surface area (Å²) in [7, 11) is 3.28. The summed E-state index contributed by atoms with van der Waals surface area (Å²) >= 11 is 1.57. The van der Waals surface area contributed by atoms with Crippen molar-refractivity contribution in [3.05, 3.63) is 29.2 Å². The second kappa shape index (κ2) is 6.59. The van der Waals surface area contributed by atoms with Gasteiger partial charge in [-0.15, -0.1) is 5.10 Å². The summed E-state index contributed by atoms with van der Waals surface area (Å²) in [6, 6.07) is 5.84. The molecule has 4 rings (SSSR count). The molecular formula is C21H27N3O2S. The normalized spacial score (nSPS) is 30.0. The lowest BCUT2D eigenvalue weighted by atomic mass is 9.70. The van der Waals surface area contributed by atoms with Crippen LogP contribution in [0.15, 0.2) is 33.7 Å². The standard InChI is InChI=1S/C21H27N3O2S/c1-20(2)14-8-9-21(20,3)18(11-14)22-19-24-23-15(12-27-19)13-6-7-16(25-4)17(10-13)26-5/h6-7,10,12,14,23H,8-9,11H2,1-5H3. The van der Waals surface area contributed by atoms with Gasteiger partial charge in [-0.1, -0.05) is 32.5 Å². The highest BCUT2D eigenvalue weighted by Crippen LogP contribution is 2.64. The zero-order chi connectivity index (χ0) is 19.2. The minimum Gasteiger partial charge on any atom is -0.493 e. The van der Waals surface area contributed by atoms with Gasteiger partial charge in [0.25, 0.3) is 0 Å². The highest BCUT2D eigenvalue weighted by molar-refractivity contribution is 8.16. The molecule has 2 aliphatic carbocycles. The number of aliphatic imine (C=N–C) groups is 1. The number of fused-ring (bicyclic) bond motifs is 2. The van der Waals surface area contributed by atoms with Crippen molar-refractivity contribution in [3.63, 3.8) is 0 Å². The van der Waals surface area contributed by atoms with Gasteiger partial charge in [0, 0.05) is 22.1 Å². The van der Waals surface area contributed by atoms with E-state index in [-0.39, 0.29) is 5.41 Å². The molecule has 5 nitrogen and oxygen atoms in total. The van der Waals surface area contributed by atoms with Crippen LogP contribution in [0, 0.1) is 16.7 Å². The maximum Gasteiger partial charge on any atom is 0.210 e. The van der Waals surface area contributed by atoms with E-state index in [9.17, 15) is 0 Å². The zero-order valence-corrected chi connectivity index (χ0v) is 17.4. The largest absolute Gasteiger partial charge is 0.493 e. The highest BCUT2D eigenvalue weighted by atomic mass is 32.2. The van der Waals surface area contributed by atoms with E-state index in [2.05, 4.69) is 36.7 Å². The lowest BCUT2D eigenvalue weighted by molar-refractivity contribution is 0.194. The molecule has 1 aromatic rings. The van der Waals surface area contributed by atoms with E-state index in [1.807, 2.05) is 18.2 Å². The first-order valence-electron chi connectivity index (χ1n) is 9.40. The minimum atomic E-state index is 0.202. The molecular weight excluding hydrogens is 358 g/mol. The van der Waals surface area contributed by atoms with E-state index in [0.717, 1.165) is 28.8 Å². The predicted octanol–water partition coefficient (Wildman–Crippen LogP) is 4.90. The van der Waals surface area contributed by atoms with Gasteiger partial charge in [-0.3, -0.25) is 5.43 Å². The van der Waals surface area contributed by atoms with Crippen molar-refractivity contribution in [1.82, 2.24) is 5.43 Å². The first-order chi connectivity index (χ1) is 12.9. The fourth-order valence-electron chi connectivity index (χ4n) is 4.67. The Morgan fingerprint density at radius 1 is 1.19 bits per heavy atom. The van der Waals surface area contributed by atoms with Crippen LogP contribution in [0.2, 0.25) is 0 Å². The van der Waals surface area contributed by atoms with Crippen molar-refractivity contribution in [1.29, 1.82) is 0 Å². The van der Waals surface area contributed by atoms with E-state index in [0.29, 0.717) is 16.9 Å². The number of amidine groups is 1. The van der Waals surface area contributed by atoms with Gasteiger partial charge < -0.3 is 9.47 Å². The first kappa shape index (κ1) is 18.4. The molecule has 2 bridgehead atoms. The fourth-order valence-corrected chi connectivity index (χ4v) is 5.35. The Kier molecular flexibility index (Phi) is 4.49. The molecule has 0 amide bonds. The smallest absolute Gasteiger partial charge is 0.210 e.